The van der Waals surface area contributed by atoms with Crippen LogP contribution in [-0.2, 0) is 5.75 Å². The molecule has 24 heavy (non-hydrogen) atoms. The van der Waals surface area contributed by atoms with Crippen molar-refractivity contribution in [1.82, 2.24) is 15.2 Å². The molecule has 3 rings (SSSR count). The summed E-state index contributed by atoms with van der Waals surface area (Å²) in [6, 6.07) is 6.19. The molecule has 0 radical (unpaired) electrons. The minimum absolute atomic E-state index is 0.353. The van der Waals surface area contributed by atoms with Crippen LogP contribution in [0.5, 0.6) is 0 Å². The molecule has 0 spiro atoms. The lowest BCUT2D eigenvalue weighted by atomic mass is 10.1. The van der Waals surface area contributed by atoms with Crippen LogP contribution in [0, 0.1) is 13.8 Å². The van der Waals surface area contributed by atoms with Gasteiger partial charge in [-0.25, -0.2) is 4.98 Å². The van der Waals surface area contributed by atoms with Gasteiger partial charge in [-0.2, -0.15) is 0 Å². The van der Waals surface area contributed by atoms with Gasteiger partial charge in [0.2, 0.25) is 11.0 Å². The Morgan fingerprint density at radius 2 is 2.08 bits per heavy atom. The second-order valence-electron chi connectivity index (χ2n) is 5.85. The van der Waals surface area contributed by atoms with Crippen molar-refractivity contribution in [2.75, 3.05) is 5.32 Å². The number of nitrogens with zero attached hydrogens (tertiary/aromatic N) is 3. The van der Waals surface area contributed by atoms with Gasteiger partial charge >= 0.3 is 0 Å². The lowest BCUT2D eigenvalue weighted by molar-refractivity contribution is 0.453. The van der Waals surface area contributed by atoms with Gasteiger partial charge in [-0.3, -0.25) is 0 Å². The van der Waals surface area contributed by atoms with E-state index in [0.717, 1.165) is 26.8 Å². The van der Waals surface area contributed by atoms with Gasteiger partial charge in [0.15, 0.2) is 4.34 Å². The average Bonchev–Trinajstić information content (AvgIpc) is 3.19. The molecule has 2 aromatic heterocycles. The van der Waals surface area contributed by atoms with Gasteiger partial charge in [0.25, 0.3) is 0 Å². The zero-order valence-electron chi connectivity index (χ0n) is 14.2. The molecule has 0 aliphatic carbocycles. The average molecular weight is 361 g/mol. The molecule has 126 valence electrons. The smallest absolute Gasteiger partial charge is 0.210 e. The lowest BCUT2D eigenvalue weighted by Crippen LogP contribution is -1.94. The molecule has 0 saturated heterocycles. The Hall–Kier alpha value is -1.86. The summed E-state index contributed by atoms with van der Waals surface area (Å²) in [4.78, 5) is 4.30. The summed E-state index contributed by atoms with van der Waals surface area (Å²) in [7, 11) is 0. The number of oxazole rings is 1. The van der Waals surface area contributed by atoms with E-state index in [4.69, 9.17) is 4.42 Å². The second kappa shape index (κ2) is 7.36. The minimum Gasteiger partial charge on any atom is -0.445 e. The van der Waals surface area contributed by atoms with Gasteiger partial charge in [0, 0.05) is 11.6 Å². The van der Waals surface area contributed by atoms with Crippen LogP contribution in [0.3, 0.4) is 0 Å². The number of anilines is 2. The van der Waals surface area contributed by atoms with Crippen molar-refractivity contribution >= 4 is 33.9 Å². The molecule has 0 unspecified atom stereocenters. The molecule has 0 aliphatic rings. The number of benzene rings is 1. The Morgan fingerprint density at radius 3 is 2.83 bits per heavy atom. The maximum absolute atomic E-state index is 5.71. The first-order chi connectivity index (χ1) is 11.5. The van der Waals surface area contributed by atoms with Gasteiger partial charge in [-0.1, -0.05) is 49.1 Å². The molecule has 1 aromatic carbocycles. The third-order valence-corrected chi connectivity index (χ3v) is 5.67. The molecule has 3 aromatic rings. The molecule has 5 nitrogen and oxygen atoms in total. The monoisotopic (exact) mass is 360 g/mol. The van der Waals surface area contributed by atoms with Crippen LogP contribution in [0.15, 0.2) is 33.2 Å². The first-order valence-corrected chi connectivity index (χ1v) is 9.57. The van der Waals surface area contributed by atoms with E-state index < -0.39 is 0 Å². The molecule has 0 atom stereocenters. The van der Waals surface area contributed by atoms with Crippen LogP contribution in [0.1, 0.15) is 42.5 Å². The zero-order valence-corrected chi connectivity index (χ0v) is 15.8. The number of aryl methyl sites for hydroxylation is 1. The first-order valence-electron chi connectivity index (χ1n) is 7.77. The summed E-state index contributed by atoms with van der Waals surface area (Å²) in [5.41, 5.74) is 3.55. The normalized spacial score (nSPS) is 11.2. The highest BCUT2D eigenvalue weighted by Crippen LogP contribution is 2.31. The summed E-state index contributed by atoms with van der Waals surface area (Å²) in [5, 5.41) is 12.6. The largest absolute Gasteiger partial charge is 0.445 e. The minimum atomic E-state index is 0.353. The van der Waals surface area contributed by atoms with Crippen molar-refractivity contribution in [1.29, 1.82) is 0 Å². The van der Waals surface area contributed by atoms with Crippen LogP contribution in [0.4, 0.5) is 10.8 Å². The van der Waals surface area contributed by atoms with E-state index in [-0.39, 0.29) is 0 Å². The van der Waals surface area contributed by atoms with Crippen molar-refractivity contribution in [3.05, 3.63) is 47.2 Å². The highest BCUT2D eigenvalue weighted by atomic mass is 32.2. The molecule has 0 amide bonds. The quantitative estimate of drug-likeness (QED) is 0.602. The fraction of sp³-hybridized carbons (Fsp3) is 0.353. The molecule has 2 heterocycles. The topological polar surface area (TPSA) is 63.8 Å². The van der Waals surface area contributed by atoms with Gasteiger partial charge in [-0.05, 0) is 31.0 Å². The van der Waals surface area contributed by atoms with E-state index in [2.05, 4.69) is 60.3 Å². The van der Waals surface area contributed by atoms with Gasteiger partial charge in [0.05, 0.1) is 11.9 Å². The highest BCUT2D eigenvalue weighted by molar-refractivity contribution is 8.00. The summed E-state index contributed by atoms with van der Waals surface area (Å²) >= 11 is 3.12. The SMILES string of the molecule is Cc1cccc(Nc2nnc(SCc3ncc(C(C)C)o3)s2)c1C. The Kier molecular flexibility index (Phi) is 5.20. The third-order valence-electron chi connectivity index (χ3n) is 3.71. The predicted octanol–water partition coefficient (Wildman–Crippen LogP) is 5.30. The number of aromatic nitrogens is 3. The standard InChI is InChI=1S/C17H20N4OS2/c1-10(2)14-8-18-15(22-14)9-23-17-21-20-16(24-17)19-13-7-5-6-11(3)12(13)4/h5-8,10H,9H2,1-4H3,(H,19,20). The maximum Gasteiger partial charge on any atom is 0.210 e. The molecule has 0 saturated carbocycles. The van der Waals surface area contributed by atoms with Crippen molar-refractivity contribution in [2.24, 2.45) is 0 Å². The van der Waals surface area contributed by atoms with Crippen molar-refractivity contribution in [3.8, 4) is 0 Å². The number of hydrogen-bond donors (Lipinski definition) is 1. The molecular weight excluding hydrogens is 340 g/mol. The number of thioether (sulfide) groups is 1. The molecule has 0 bridgehead atoms. The Balaban J connectivity index is 1.62. The van der Waals surface area contributed by atoms with E-state index in [1.54, 1.807) is 18.0 Å². The van der Waals surface area contributed by atoms with Crippen molar-refractivity contribution < 1.29 is 4.42 Å². The van der Waals surface area contributed by atoms with Crippen LogP contribution >= 0.6 is 23.1 Å². The van der Waals surface area contributed by atoms with E-state index in [1.165, 1.54) is 22.5 Å². The van der Waals surface area contributed by atoms with Crippen LogP contribution in [0.25, 0.3) is 0 Å². The fourth-order valence-corrected chi connectivity index (χ4v) is 3.72. The van der Waals surface area contributed by atoms with Crippen molar-refractivity contribution in [3.63, 3.8) is 0 Å². The van der Waals surface area contributed by atoms with E-state index in [1.807, 2.05) is 6.07 Å². The number of rotatable bonds is 6. The Bertz CT molecular complexity index is 826. The first kappa shape index (κ1) is 17.0. The number of nitrogens with one attached hydrogen (secondary N) is 1. The maximum atomic E-state index is 5.71. The summed E-state index contributed by atoms with van der Waals surface area (Å²) in [5.74, 6) is 2.65. The Morgan fingerprint density at radius 1 is 1.25 bits per heavy atom. The molecule has 1 N–H and O–H groups in total. The van der Waals surface area contributed by atoms with E-state index in [0.29, 0.717) is 11.7 Å². The van der Waals surface area contributed by atoms with E-state index in [9.17, 15) is 0 Å². The molecule has 0 fully saturated rings. The van der Waals surface area contributed by atoms with Gasteiger partial charge in [-0.15, -0.1) is 10.2 Å². The molecular formula is C17H20N4OS2. The highest BCUT2D eigenvalue weighted by Gasteiger charge is 2.11. The van der Waals surface area contributed by atoms with Crippen molar-refractivity contribution in [2.45, 2.75) is 43.7 Å². The van der Waals surface area contributed by atoms with Crippen LogP contribution in [-0.4, -0.2) is 15.2 Å². The van der Waals surface area contributed by atoms with Gasteiger partial charge in [0.1, 0.15) is 5.76 Å². The Labute approximate surface area is 149 Å². The van der Waals surface area contributed by atoms with Gasteiger partial charge < -0.3 is 9.73 Å². The number of hydrogen-bond acceptors (Lipinski definition) is 7. The van der Waals surface area contributed by atoms with Crippen LogP contribution in [0.2, 0.25) is 0 Å². The summed E-state index contributed by atoms with van der Waals surface area (Å²) < 4.78 is 6.60. The molecule has 7 heteroatoms. The summed E-state index contributed by atoms with van der Waals surface area (Å²) in [6.07, 6.45) is 1.80. The summed E-state index contributed by atoms with van der Waals surface area (Å²) in [6.45, 7) is 8.38. The zero-order chi connectivity index (χ0) is 17.1. The second-order valence-corrected chi connectivity index (χ2v) is 8.05. The fourth-order valence-electron chi connectivity index (χ4n) is 2.10. The third kappa shape index (κ3) is 3.96. The lowest BCUT2D eigenvalue weighted by Gasteiger charge is -2.08. The van der Waals surface area contributed by atoms with Crippen LogP contribution < -0.4 is 5.32 Å². The predicted molar refractivity (Wildman–Crippen MR) is 99.3 cm³/mol. The van der Waals surface area contributed by atoms with E-state index >= 15 is 0 Å². The molecule has 0 aliphatic heterocycles.